The topological polar surface area (TPSA) is 101 Å². The predicted molar refractivity (Wildman–Crippen MR) is 100.0 cm³/mol. The molecule has 0 fully saturated rings. The molecular weight excluding hydrogens is 525 g/mol. The van der Waals surface area contributed by atoms with Gasteiger partial charge in [0.25, 0.3) is 0 Å². The maximum atomic E-state index is 12.2. The number of amides is 3. The summed E-state index contributed by atoms with van der Waals surface area (Å²) in [5.41, 5.74) is 1.84. The molecule has 0 unspecified atom stereocenters. The van der Waals surface area contributed by atoms with Gasteiger partial charge in [-0.15, -0.1) is 0 Å². The molecule has 1 aromatic carbocycles. The molecule has 0 aliphatic carbocycles. The summed E-state index contributed by atoms with van der Waals surface area (Å²) in [5.74, 6) is 0.717. The van der Waals surface area contributed by atoms with Crippen LogP contribution in [0.5, 0.6) is 0 Å². The Bertz CT molecular complexity index is 957. The number of nitrogens with zero attached hydrogens (tertiary/aromatic N) is 3. The Kier molecular flexibility index (Phi) is 5.50. The molecule has 130 valence electrons. The van der Waals surface area contributed by atoms with Crippen LogP contribution in [-0.2, 0) is 4.79 Å². The number of carbonyl (C=O) groups excluding carboxylic acids is 2. The minimum absolute atomic E-state index is 0.128. The van der Waals surface area contributed by atoms with Crippen molar-refractivity contribution in [3.05, 3.63) is 48.2 Å². The predicted octanol–water partition coefficient (Wildman–Crippen LogP) is 2.20. The first kappa shape index (κ1) is 18.3. The van der Waals surface area contributed by atoms with E-state index in [2.05, 4.69) is 26.0 Å². The Hall–Kier alpha value is -2.50. The van der Waals surface area contributed by atoms with Crippen molar-refractivity contribution in [1.82, 2.24) is 17.9 Å². The van der Waals surface area contributed by atoms with Crippen molar-refractivity contribution in [2.75, 3.05) is 10.6 Å². The molecule has 0 saturated carbocycles. The third-order valence-electron chi connectivity index (χ3n) is 3.78. The number of nitrogens with one attached hydrogen (secondary N) is 3. The number of anilines is 2. The van der Waals surface area contributed by atoms with Crippen LogP contribution in [0.3, 0.4) is 0 Å². The van der Waals surface area contributed by atoms with Crippen molar-refractivity contribution in [1.29, 1.82) is 0 Å². The van der Waals surface area contributed by atoms with Crippen LogP contribution in [0.15, 0.2) is 42.6 Å². The molecule has 3 N–H and O–H groups in total. The molecule has 2 heterocycles. The van der Waals surface area contributed by atoms with Crippen LogP contribution in [0.2, 0.25) is 0 Å². The normalized spacial score (nSPS) is 11.7. The second kappa shape index (κ2) is 7.81. The number of hydrogen-bond donors (Lipinski definition) is 3. The molecule has 3 amide bonds. The number of hydrogen-bond acceptors (Lipinski definition) is 4. The average molecular weight is 542 g/mol. The molecule has 0 aliphatic heterocycles. The molecule has 0 spiro atoms. The first-order valence-corrected chi connectivity index (χ1v) is 9.98. The van der Waals surface area contributed by atoms with E-state index >= 15 is 0 Å². The Morgan fingerprint density at radius 2 is 1.92 bits per heavy atom. The third kappa shape index (κ3) is 4.18. The van der Waals surface area contributed by atoms with E-state index in [1.165, 1.54) is 6.92 Å². The summed E-state index contributed by atoms with van der Waals surface area (Å²) in [5, 5.41) is 13.4. The Labute approximate surface area is 166 Å². The summed E-state index contributed by atoms with van der Waals surface area (Å²) in [6.45, 7) is 3.35. The SMILES string of the molecule is CC(=O)Nc1n[n]([Tl])c2cc(NC(=O)N[C@H](C)c3ccccc3)ncc12. The second-order valence-electron chi connectivity index (χ2n) is 5.79. The van der Waals surface area contributed by atoms with Crippen LogP contribution in [-0.4, -0.2) is 50.6 Å². The van der Waals surface area contributed by atoms with E-state index in [9.17, 15) is 9.59 Å². The van der Waals surface area contributed by atoms with E-state index in [0.717, 1.165) is 16.5 Å². The summed E-state index contributed by atoms with van der Waals surface area (Å²) in [6.07, 6.45) is 1.60. The van der Waals surface area contributed by atoms with Crippen molar-refractivity contribution >= 4 is 60.5 Å². The van der Waals surface area contributed by atoms with Crippen LogP contribution >= 0.6 is 0 Å². The summed E-state index contributed by atoms with van der Waals surface area (Å²) >= 11 is 0.409. The fourth-order valence-corrected chi connectivity index (χ4v) is 3.81. The monoisotopic (exact) mass is 542 g/mol. The standard InChI is InChI=1S/C17H18N6O2.Tl/c1-10(12-6-4-3-5-7-12)19-17(25)21-15-8-14-13(9-18-15)16(23-22-14)20-11(2)24;/h3-10H,1-2H3,(H4,18,19,20,21,22,23,24,25);/q;+1/p-1/t10-;/m1./s1. The van der Waals surface area contributed by atoms with Gasteiger partial charge in [0, 0.05) is 0 Å². The van der Waals surface area contributed by atoms with Gasteiger partial charge in [0.2, 0.25) is 0 Å². The molecule has 0 aliphatic rings. The summed E-state index contributed by atoms with van der Waals surface area (Å²) in [7, 11) is 0. The van der Waals surface area contributed by atoms with E-state index < -0.39 is 0 Å². The molecule has 2 aromatic heterocycles. The number of rotatable bonds is 4. The van der Waals surface area contributed by atoms with Gasteiger partial charge >= 0.3 is 167 Å². The molecule has 0 radical (unpaired) electrons. The number of benzene rings is 1. The van der Waals surface area contributed by atoms with Crippen molar-refractivity contribution in [3.8, 4) is 0 Å². The van der Waals surface area contributed by atoms with Crippen LogP contribution < -0.4 is 16.0 Å². The van der Waals surface area contributed by atoms with Crippen LogP contribution in [0, 0.1) is 0 Å². The van der Waals surface area contributed by atoms with Crippen molar-refractivity contribution in [2.45, 2.75) is 19.9 Å². The zero-order valence-corrected chi connectivity index (χ0v) is 18.8. The quantitative estimate of drug-likeness (QED) is 0.441. The van der Waals surface area contributed by atoms with E-state index in [1.54, 1.807) is 14.8 Å². The van der Waals surface area contributed by atoms with Gasteiger partial charge in [-0.05, 0) is 0 Å². The van der Waals surface area contributed by atoms with Crippen LogP contribution in [0.4, 0.5) is 16.4 Å². The first-order valence-electron chi connectivity index (χ1n) is 7.98. The van der Waals surface area contributed by atoms with Gasteiger partial charge in [0.15, 0.2) is 0 Å². The van der Waals surface area contributed by atoms with Gasteiger partial charge in [0.05, 0.1) is 0 Å². The molecule has 0 saturated heterocycles. The molecular formula is C17H17N6O2Tl. The fraction of sp³-hybridized carbons (Fsp3) is 0.176. The maximum absolute atomic E-state index is 12.2. The molecule has 9 heteroatoms. The zero-order chi connectivity index (χ0) is 18.7. The molecule has 8 nitrogen and oxygen atoms in total. The molecule has 3 aromatic rings. The minimum atomic E-state index is -0.336. The third-order valence-corrected chi connectivity index (χ3v) is 5.31. The van der Waals surface area contributed by atoms with E-state index in [4.69, 9.17) is 0 Å². The average Bonchev–Trinajstić information content (AvgIpc) is 2.90. The Morgan fingerprint density at radius 3 is 2.62 bits per heavy atom. The van der Waals surface area contributed by atoms with Gasteiger partial charge in [-0.2, -0.15) is 0 Å². The van der Waals surface area contributed by atoms with E-state index in [-0.39, 0.29) is 18.0 Å². The van der Waals surface area contributed by atoms with Crippen LogP contribution in [0.1, 0.15) is 25.5 Å². The van der Waals surface area contributed by atoms with Gasteiger partial charge < -0.3 is 0 Å². The summed E-state index contributed by atoms with van der Waals surface area (Å²) in [4.78, 5) is 27.8. The number of carbonyl (C=O) groups is 2. The van der Waals surface area contributed by atoms with Crippen molar-refractivity contribution < 1.29 is 9.59 Å². The van der Waals surface area contributed by atoms with Gasteiger partial charge in [-0.25, -0.2) is 0 Å². The number of urea groups is 1. The van der Waals surface area contributed by atoms with Crippen molar-refractivity contribution in [3.63, 3.8) is 0 Å². The molecule has 3 rings (SSSR count). The Morgan fingerprint density at radius 1 is 1.19 bits per heavy atom. The van der Waals surface area contributed by atoms with E-state index in [1.807, 2.05) is 37.3 Å². The molecule has 26 heavy (non-hydrogen) atoms. The number of fused-ring (bicyclic) bond motifs is 1. The molecule has 0 bridgehead atoms. The first-order chi connectivity index (χ1) is 12.4. The second-order valence-corrected chi connectivity index (χ2v) is 7.69. The fourth-order valence-electron chi connectivity index (χ4n) is 2.53. The number of pyridine rings is 1. The molecule has 1 atom stereocenters. The number of aromatic nitrogens is 3. The van der Waals surface area contributed by atoms with Gasteiger partial charge in [-0.3, -0.25) is 0 Å². The zero-order valence-electron chi connectivity index (χ0n) is 14.4. The van der Waals surface area contributed by atoms with E-state index in [0.29, 0.717) is 37.7 Å². The summed E-state index contributed by atoms with van der Waals surface area (Å²) in [6, 6.07) is 11.0. The van der Waals surface area contributed by atoms with Crippen molar-refractivity contribution in [2.24, 2.45) is 0 Å². The van der Waals surface area contributed by atoms with Gasteiger partial charge in [0.1, 0.15) is 0 Å². The van der Waals surface area contributed by atoms with Crippen LogP contribution in [0.25, 0.3) is 10.9 Å². The summed E-state index contributed by atoms with van der Waals surface area (Å²) < 4.78 is 1.79. The van der Waals surface area contributed by atoms with Gasteiger partial charge in [-0.1, -0.05) is 0 Å². The Balaban J connectivity index is 1.73.